The van der Waals surface area contributed by atoms with Crippen LogP contribution in [0.2, 0.25) is 0 Å². The van der Waals surface area contributed by atoms with Gasteiger partial charge in [0.05, 0.1) is 23.0 Å². The molecule has 6 heteroatoms. The molecular weight excluding hydrogens is 250 g/mol. The van der Waals surface area contributed by atoms with Crippen molar-refractivity contribution >= 4 is 21.6 Å². The van der Waals surface area contributed by atoms with E-state index in [1.54, 1.807) is 17.8 Å². The van der Waals surface area contributed by atoms with E-state index in [2.05, 4.69) is 26.0 Å². The molecule has 0 aliphatic heterocycles. The summed E-state index contributed by atoms with van der Waals surface area (Å²) >= 11 is 3.29. The van der Waals surface area contributed by atoms with Crippen LogP contribution in [0.4, 0.5) is 0 Å². The van der Waals surface area contributed by atoms with Gasteiger partial charge in [-0.15, -0.1) is 0 Å². The standard InChI is InChI=1S/C8H8BrN3O2/c1-14-4-5-2-7(13)11-8-6(9)3-10-12(5)8/h2-3H,4H2,1H3,(H,11,13). The topological polar surface area (TPSA) is 59.4 Å². The predicted octanol–water partition coefficient (Wildman–Crippen LogP) is 0.931. The molecule has 0 amide bonds. The molecule has 0 saturated heterocycles. The lowest BCUT2D eigenvalue weighted by Crippen LogP contribution is -2.12. The van der Waals surface area contributed by atoms with E-state index in [-0.39, 0.29) is 5.56 Å². The zero-order valence-corrected chi connectivity index (χ0v) is 9.04. The minimum absolute atomic E-state index is 0.161. The van der Waals surface area contributed by atoms with E-state index in [4.69, 9.17) is 4.74 Å². The summed E-state index contributed by atoms with van der Waals surface area (Å²) in [7, 11) is 1.57. The number of rotatable bonds is 2. The van der Waals surface area contributed by atoms with Crippen LogP contribution < -0.4 is 5.56 Å². The molecule has 2 aromatic rings. The first-order valence-electron chi connectivity index (χ1n) is 3.97. The summed E-state index contributed by atoms with van der Waals surface area (Å²) in [6.45, 7) is 0.356. The summed E-state index contributed by atoms with van der Waals surface area (Å²) in [5, 5.41) is 4.10. The monoisotopic (exact) mass is 257 g/mol. The van der Waals surface area contributed by atoms with Crippen molar-refractivity contribution in [2.45, 2.75) is 6.61 Å². The fourth-order valence-electron chi connectivity index (χ4n) is 1.27. The van der Waals surface area contributed by atoms with Crippen molar-refractivity contribution in [3.05, 3.63) is 32.8 Å². The number of fused-ring (bicyclic) bond motifs is 1. The first-order chi connectivity index (χ1) is 6.72. The van der Waals surface area contributed by atoms with E-state index < -0.39 is 0 Å². The van der Waals surface area contributed by atoms with Crippen LogP contribution in [0, 0.1) is 0 Å². The number of aromatic nitrogens is 3. The second-order valence-electron chi connectivity index (χ2n) is 2.81. The number of hydrogen-bond acceptors (Lipinski definition) is 3. The molecular formula is C8H8BrN3O2. The van der Waals surface area contributed by atoms with Crippen molar-refractivity contribution in [2.75, 3.05) is 7.11 Å². The van der Waals surface area contributed by atoms with Crippen molar-refractivity contribution in [1.82, 2.24) is 14.6 Å². The Balaban J connectivity index is 2.75. The molecule has 0 aromatic carbocycles. The van der Waals surface area contributed by atoms with Gasteiger partial charge in [-0.2, -0.15) is 5.10 Å². The summed E-state index contributed by atoms with van der Waals surface area (Å²) in [4.78, 5) is 13.9. The van der Waals surface area contributed by atoms with Gasteiger partial charge in [-0.25, -0.2) is 4.52 Å². The molecule has 2 rings (SSSR count). The fourth-order valence-corrected chi connectivity index (χ4v) is 1.63. The highest BCUT2D eigenvalue weighted by Crippen LogP contribution is 2.14. The van der Waals surface area contributed by atoms with Gasteiger partial charge in [-0.1, -0.05) is 0 Å². The Bertz CT molecular complexity index is 517. The van der Waals surface area contributed by atoms with E-state index in [0.717, 1.165) is 10.2 Å². The van der Waals surface area contributed by atoms with Crippen LogP contribution in [-0.2, 0) is 11.3 Å². The number of aromatic amines is 1. The van der Waals surface area contributed by atoms with E-state index >= 15 is 0 Å². The van der Waals surface area contributed by atoms with Gasteiger partial charge in [0.2, 0.25) is 0 Å². The fraction of sp³-hybridized carbons (Fsp3) is 0.250. The molecule has 0 aliphatic carbocycles. The highest BCUT2D eigenvalue weighted by Gasteiger charge is 2.06. The van der Waals surface area contributed by atoms with E-state index in [0.29, 0.717) is 12.3 Å². The maximum atomic E-state index is 11.3. The minimum Gasteiger partial charge on any atom is -0.378 e. The number of nitrogens with zero attached hydrogens (tertiary/aromatic N) is 2. The summed E-state index contributed by atoms with van der Waals surface area (Å²) in [5.74, 6) is 0. The maximum absolute atomic E-state index is 11.3. The van der Waals surface area contributed by atoms with Crippen LogP contribution in [0.5, 0.6) is 0 Å². The van der Waals surface area contributed by atoms with Crippen LogP contribution in [0.25, 0.3) is 5.65 Å². The van der Waals surface area contributed by atoms with Crippen molar-refractivity contribution in [2.24, 2.45) is 0 Å². The van der Waals surface area contributed by atoms with Gasteiger partial charge in [0.25, 0.3) is 5.56 Å². The molecule has 0 atom stereocenters. The van der Waals surface area contributed by atoms with Crippen molar-refractivity contribution in [3.8, 4) is 0 Å². The van der Waals surface area contributed by atoms with Gasteiger partial charge in [0.1, 0.15) is 0 Å². The van der Waals surface area contributed by atoms with Gasteiger partial charge >= 0.3 is 0 Å². The average molecular weight is 258 g/mol. The Hall–Kier alpha value is -1.14. The number of halogens is 1. The molecule has 0 fully saturated rings. The van der Waals surface area contributed by atoms with Crippen LogP contribution in [0.3, 0.4) is 0 Å². The molecule has 2 aromatic heterocycles. The molecule has 0 radical (unpaired) electrons. The minimum atomic E-state index is -0.161. The van der Waals surface area contributed by atoms with Gasteiger partial charge in [-0.05, 0) is 15.9 Å². The number of ether oxygens (including phenoxy) is 1. The zero-order valence-electron chi connectivity index (χ0n) is 7.45. The molecule has 0 aliphatic rings. The smallest absolute Gasteiger partial charge is 0.251 e. The highest BCUT2D eigenvalue weighted by atomic mass is 79.9. The average Bonchev–Trinajstić information content (AvgIpc) is 2.49. The van der Waals surface area contributed by atoms with Crippen LogP contribution in [0.15, 0.2) is 21.5 Å². The molecule has 0 bridgehead atoms. The molecule has 0 unspecified atom stereocenters. The number of nitrogens with one attached hydrogen (secondary N) is 1. The number of H-pyrrole nitrogens is 1. The third-order valence-corrected chi connectivity index (χ3v) is 2.41. The molecule has 74 valence electrons. The highest BCUT2D eigenvalue weighted by molar-refractivity contribution is 9.10. The Morgan fingerprint density at radius 3 is 3.21 bits per heavy atom. The molecule has 2 heterocycles. The maximum Gasteiger partial charge on any atom is 0.251 e. The molecule has 0 saturated carbocycles. The van der Waals surface area contributed by atoms with E-state index in [1.807, 2.05) is 0 Å². The number of methoxy groups -OCH3 is 1. The Kier molecular flexibility index (Phi) is 2.39. The lowest BCUT2D eigenvalue weighted by atomic mass is 10.4. The molecule has 14 heavy (non-hydrogen) atoms. The normalized spacial score (nSPS) is 11.0. The van der Waals surface area contributed by atoms with Gasteiger partial charge in [-0.3, -0.25) is 4.79 Å². The second-order valence-corrected chi connectivity index (χ2v) is 3.67. The van der Waals surface area contributed by atoms with E-state index in [9.17, 15) is 4.79 Å². The van der Waals surface area contributed by atoms with Crippen LogP contribution in [-0.4, -0.2) is 21.7 Å². The lowest BCUT2D eigenvalue weighted by molar-refractivity contribution is 0.179. The first-order valence-corrected chi connectivity index (χ1v) is 4.76. The Morgan fingerprint density at radius 2 is 2.50 bits per heavy atom. The van der Waals surface area contributed by atoms with Gasteiger partial charge in [0.15, 0.2) is 5.65 Å². The lowest BCUT2D eigenvalue weighted by Gasteiger charge is -2.02. The van der Waals surface area contributed by atoms with Crippen molar-refractivity contribution in [3.63, 3.8) is 0 Å². The Morgan fingerprint density at radius 1 is 1.71 bits per heavy atom. The first kappa shape index (κ1) is 9.42. The predicted molar refractivity (Wildman–Crippen MR) is 54.2 cm³/mol. The van der Waals surface area contributed by atoms with Crippen LogP contribution in [0.1, 0.15) is 5.69 Å². The molecule has 0 spiro atoms. The third-order valence-electron chi connectivity index (χ3n) is 1.83. The molecule has 1 N–H and O–H groups in total. The summed E-state index contributed by atoms with van der Waals surface area (Å²) in [5.41, 5.74) is 1.20. The van der Waals surface area contributed by atoms with Crippen LogP contribution >= 0.6 is 15.9 Å². The van der Waals surface area contributed by atoms with E-state index in [1.165, 1.54) is 6.07 Å². The SMILES string of the molecule is COCc1cc(=O)[nH]c2c(Br)cnn12. The summed E-state index contributed by atoms with van der Waals surface area (Å²) in [6, 6.07) is 1.47. The largest absolute Gasteiger partial charge is 0.378 e. The van der Waals surface area contributed by atoms with Gasteiger partial charge in [0, 0.05) is 13.2 Å². The number of hydrogen-bond donors (Lipinski definition) is 1. The zero-order chi connectivity index (χ0) is 10.1. The quantitative estimate of drug-likeness (QED) is 0.871. The summed E-state index contributed by atoms with van der Waals surface area (Å²) < 4.78 is 7.36. The van der Waals surface area contributed by atoms with Crippen molar-refractivity contribution < 1.29 is 4.74 Å². The third kappa shape index (κ3) is 1.46. The van der Waals surface area contributed by atoms with Crippen molar-refractivity contribution in [1.29, 1.82) is 0 Å². The Labute approximate surface area is 87.8 Å². The molecule has 5 nitrogen and oxygen atoms in total. The summed E-state index contributed by atoms with van der Waals surface area (Å²) in [6.07, 6.45) is 1.63. The second kappa shape index (κ2) is 3.55. The van der Waals surface area contributed by atoms with Gasteiger partial charge < -0.3 is 9.72 Å².